The van der Waals surface area contributed by atoms with Crippen molar-refractivity contribution in [3.8, 4) is 5.75 Å². The Morgan fingerprint density at radius 2 is 1.97 bits per heavy atom. The minimum absolute atomic E-state index is 0.0391. The average molecular weight is 470 g/mol. The second kappa shape index (κ2) is 9.88. The van der Waals surface area contributed by atoms with Gasteiger partial charge in [0.1, 0.15) is 0 Å². The first kappa shape index (κ1) is 22.0. The van der Waals surface area contributed by atoms with Crippen LogP contribution in [0.2, 0.25) is 5.02 Å². The molecular formula is C19H17ClFN3O4S2. The minimum Gasteiger partial charge on any atom is -0.489 e. The summed E-state index contributed by atoms with van der Waals surface area (Å²) in [7, 11) is -3.75. The van der Waals surface area contributed by atoms with E-state index in [2.05, 4.69) is 15.0 Å². The molecule has 0 bridgehead atoms. The Bertz CT molecular complexity index is 1090. The van der Waals surface area contributed by atoms with Gasteiger partial charge in [-0.25, -0.2) is 17.8 Å². The number of anilines is 2. The zero-order chi connectivity index (χ0) is 21.6. The molecule has 3 aromatic rings. The Morgan fingerprint density at radius 3 is 2.63 bits per heavy atom. The summed E-state index contributed by atoms with van der Waals surface area (Å²) in [5.41, 5.74) is 0.450. The van der Waals surface area contributed by atoms with E-state index < -0.39 is 15.8 Å². The number of carbonyl (C=O) groups is 1. The molecule has 0 spiro atoms. The number of thiazole rings is 1. The van der Waals surface area contributed by atoms with Gasteiger partial charge in [-0.2, -0.15) is 0 Å². The highest BCUT2D eigenvalue weighted by atomic mass is 35.5. The SMILES string of the molecule is O=C(CCCOc1c(F)cccc1Cl)Nc1ccc(S(=O)(=O)Nc2nccs2)cc1. The second-order valence-electron chi connectivity index (χ2n) is 6.02. The molecule has 0 fully saturated rings. The predicted molar refractivity (Wildman–Crippen MR) is 114 cm³/mol. The molecule has 1 heterocycles. The van der Waals surface area contributed by atoms with E-state index in [4.69, 9.17) is 16.3 Å². The van der Waals surface area contributed by atoms with Crippen molar-refractivity contribution in [2.75, 3.05) is 16.6 Å². The largest absolute Gasteiger partial charge is 0.489 e. The van der Waals surface area contributed by atoms with Crippen molar-refractivity contribution in [2.24, 2.45) is 0 Å². The molecule has 0 aliphatic carbocycles. The quantitative estimate of drug-likeness (QED) is 0.448. The Balaban J connectivity index is 1.47. The molecule has 7 nitrogen and oxygen atoms in total. The summed E-state index contributed by atoms with van der Waals surface area (Å²) in [5, 5.41) is 4.76. The molecule has 11 heteroatoms. The van der Waals surface area contributed by atoms with E-state index in [1.807, 2.05) is 0 Å². The van der Waals surface area contributed by atoms with Crippen LogP contribution in [0.15, 0.2) is 58.9 Å². The molecule has 0 saturated heterocycles. The molecule has 0 saturated carbocycles. The maximum atomic E-state index is 13.6. The minimum atomic E-state index is -3.75. The van der Waals surface area contributed by atoms with Crippen LogP contribution in [0.25, 0.3) is 0 Å². The molecule has 3 rings (SSSR count). The number of amides is 1. The third kappa shape index (κ3) is 5.91. The van der Waals surface area contributed by atoms with Gasteiger partial charge in [0.25, 0.3) is 10.0 Å². The van der Waals surface area contributed by atoms with Crippen molar-refractivity contribution in [1.29, 1.82) is 0 Å². The number of halogens is 2. The lowest BCUT2D eigenvalue weighted by Crippen LogP contribution is -2.14. The molecule has 0 aliphatic heterocycles. The number of carbonyl (C=O) groups excluding carboxylic acids is 1. The number of ether oxygens (including phenoxy) is 1. The molecule has 0 atom stereocenters. The summed E-state index contributed by atoms with van der Waals surface area (Å²) in [6.07, 6.45) is 1.98. The molecular weight excluding hydrogens is 453 g/mol. The van der Waals surface area contributed by atoms with Gasteiger partial charge in [-0.15, -0.1) is 11.3 Å². The van der Waals surface area contributed by atoms with E-state index in [1.54, 1.807) is 5.38 Å². The molecule has 158 valence electrons. The standard InChI is InChI=1S/C19H17ClFN3O4S2/c20-15-3-1-4-16(21)18(15)28-11-2-5-17(25)23-13-6-8-14(9-7-13)30(26,27)24-19-22-10-12-29-19/h1,3-4,6-10,12H,2,5,11H2,(H,22,24)(H,23,25). The number of aromatic nitrogens is 1. The van der Waals surface area contributed by atoms with Gasteiger partial charge >= 0.3 is 0 Å². The van der Waals surface area contributed by atoms with Crippen molar-refractivity contribution in [3.63, 3.8) is 0 Å². The maximum absolute atomic E-state index is 13.6. The second-order valence-corrected chi connectivity index (χ2v) is 9.00. The smallest absolute Gasteiger partial charge is 0.263 e. The van der Waals surface area contributed by atoms with Crippen LogP contribution in [0.3, 0.4) is 0 Å². The van der Waals surface area contributed by atoms with Crippen LogP contribution in [0.1, 0.15) is 12.8 Å². The fourth-order valence-electron chi connectivity index (χ4n) is 2.42. The first-order valence-electron chi connectivity index (χ1n) is 8.74. The highest BCUT2D eigenvalue weighted by Gasteiger charge is 2.15. The lowest BCUT2D eigenvalue weighted by atomic mass is 10.2. The van der Waals surface area contributed by atoms with Crippen LogP contribution < -0.4 is 14.8 Å². The van der Waals surface area contributed by atoms with E-state index >= 15 is 0 Å². The van der Waals surface area contributed by atoms with Crippen LogP contribution in [0.4, 0.5) is 15.2 Å². The van der Waals surface area contributed by atoms with Gasteiger partial charge in [0, 0.05) is 23.7 Å². The number of rotatable bonds is 9. The normalized spacial score (nSPS) is 11.1. The number of hydrogen-bond donors (Lipinski definition) is 2. The summed E-state index contributed by atoms with van der Waals surface area (Å²) in [4.78, 5) is 16.0. The lowest BCUT2D eigenvalue weighted by molar-refractivity contribution is -0.116. The van der Waals surface area contributed by atoms with Crippen LogP contribution in [0, 0.1) is 5.82 Å². The first-order valence-corrected chi connectivity index (χ1v) is 11.5. The van der Waals surface area contributed by atoms with Gasteiger partial charge in [-0.3, -0.25) is 9.52 Å². The molecule has 1 aromatic heterocycles. The summed E-state index contributed by atoms with van der Waals surface area (Å²) < 4.78 is 45.9. The predicted octanol–water partition coefficient (Wildman–Crippen LogP) is 4.53. The van der Waals surface area contributed by atoms with Gasteiger partial charge in [0.2, 0.25) is 5.91 Å². The van der Waals surface area contributed by atoms with E-state index in [0.29, 0.717) is 12.1 Å². The fraction of sp³-hybridized carbons (Fsp3) is 0.158. The molecule has 2 N–H and O–H groups in total. The Morgan fingerprint density at radius 1 is 1.20 bits per heavy atom. The van der Waals surface area contributed by atoms with Crippen LogP contribution in [-0.4, -0.2) is 25.9 Å². The van der Waals surface area contributed by atoms with E-state index in [1.165, 1.54) is 60.0 Å². The van der Waals surface area contributed by atoms with Gasteiger partial charge in [0.05, 0.1) is 16.5 Å². The topological polar surface area (TPSA) is 97.4 Å². The zero-order valence-corrected chi connectivity index (χ0v) is 17.9. The molecule has 30 heavy (non-hydrogen) atoms. The summed E-state index contributed by atoms with van der Waals surface area (Å²) >= 11 is 7.04. The van der Waals surface area contributed by atoms with E-state index in [0.717, 1.165) is 0 Å². The summed E-state index contributed by atoms with van der Waals surface area (Å²) in [5.74, 6) is -0.885. The number of nitrogens with zero attached hydrogens (tertiary/aromatic N) is 1. The van der Waals surface area contributed by atoms with Crippen molar-refractivity contribution in [3.05, 3.63) is 64.9 Å². The third-order valence-corrected chi connectivity index (χ3v) is 6.29. The molecule has 2 aromatic carbocycles. The van der Waals surface area contributed by atoms with Crippen molar-refractivity contribution in [2.45, 2.75) is 17.7 Å². The molecule has 1 amide bonds. The van der Waals surface area contributed by atoms with Gasteiger partial charge in [-0.05, 0) is 42.8 Å². The maximum Gasteiger partial charge on any atom is 0.263 e. The molecule has 0 aliphatic rings. The monoisotopic (exact) mass is 469 g/mol. The lowest BCUT2D eigenvalue weighted by Gasteiger charge is -2.10. The van der Waals surface area contributed by atoms with E-state index in [-0.39, 0.29) is 39.7 Å². The number of hydrogen-bond acceptors (Lipinski definition) is 6. The first-order chi connectivity index (χ1) is 14.3. The Kier molecular flexibility index (Phi) is 7.24. The van der Waals surface area contributed by atoms with Crippen LogP contribution >= 0.6 is 22.9 Å². The summed E-state index contributed by atoms with van der Waals surface area (Å²) in [6.45, 7) is 0.119. The number of benzene rings is 2. The van der Waals surface area contributed by atoms with Crippen molar-refractivity contribution in [1.82, 2.24) is 4.98 Å². The average Bonchev–Trinajstić information content (AvgIpc) is 3.20. The third-order valence-electron chi connectivity index (χ3n) is 3.82. The Labute approximate surface area is 181 Å². The Hall–Kier alpha value is -2.69. The van der Waals surface area contributed by atoms with Crippen LogP contribution in [0.5, 0.6) is 5.75 Å². The number of nitrogens with one attached hydrogen (secondary N) is 2. The number of para-hydroxylation sites is 1. The molecule has 0 unspecified atom stereocenters. The zero-order valence-electron chi connectivity index (χ0n) is 15.5. The molecule has 0 radical (unpaired) electrons. The fourth-order valence-corrected chi connectivity index (χ4v) is 4.42. The number of sulfonamides is 1. The summed E-state index contributed by atoms with van der Waals surface area (Å²) in [6, 6.07) is 9.98. The van der Waals surface area contributed by atoms with Gasteiger partial charge in [-0.1, -0.05) is 17.7 Å². The van der Waals surface area contributed by atoms with Crippen molar-refractivity contribution >= 4 is 49.7 Å². The van der Waals surface area contributed by atoms with Gasteiger partial charge in [0.15, 0.2) is 16.7 Å². The van der Waals surface area contributed by atoms with Crippen molar-refractivity contribution < 1.29 is 22.3 Å². The van der Waals surface area contributed by atoms with E-state index in [9.17, 15) is 17.6 Å². The highest BCUT2D eigenvalue weighted by molar-refractivity contribution is 7.93. The highest BCUT2D eigenvalue weighted by Crippen LogP contribution is 2.27. The van der Waals surface area contributed by atoms with Gasteiger partial charge < -0.3 is 10.1 Å². The van der Waals surface area contributed by atoms with Crippen LogP contribution in [-0.2, 0) is 14.8 Å².